The van der Waals surface area contributed by atoms with Gasteiger partial charge in [0.2, 0.25) is 0 Å². The minimum absolute atomic E-state index is 0.113. The Kier molecular flexibility index (Phi) is 4.85. The van der Waals surface area contributed by atoms with Crippen LogP contribution in [0.5, 0.6) is 0 Å². The minimum Gasteiger partial charge on any atom is -0.299 e. The quantitative estimate of drug-likeness (QED) is 0.809. The van der Waals surface area contributed by atoms with Gasteiger partial charge < -0.3 is 0 Å². The lowest BCUT2D eigenvalue weighted by Gasteiger charge is -2.37. The van der Waals surface area contributed by atoms with Crippen molar-refractivity contribution in [2.45, 2.75) is 49.0 Å². The van der Waals surface area contributed by atoms with Gasteiger partial charge in [-0.25, -0.2) is 0 Å². The Morgan fingerprint density at radius 3 is 2.12 bits per heavy atom. The topological polar surface area (TPSA) is 34.1 Å². The van der Waals surface area contributed by atoms with Gasteiger partial charge in [-0.1, -0.05) is 61.0 Å². The van der Waals surface area contributed by atoms with Gasteiger partial charge in [0.15, 0.2) is 0 Å². The van der Waals surface area contributed by atoms with Gasteiger partial charge >= 0.3 is 0 Å². The predicted molar refractivity (Wildman–Crippen MR) is 103 cm³/mol. The maximum absolute atomic E-state index is 12.8. The molecule has 130 valence electrons. The third-order valence-corrected chi connectivity index (χ3v) is 7.87. The third kappa shape index (κ3) is 3.62. The fraction of sp³-hybridized carbons (Fsp3) is 0.409. The molecule has 2 atom stereocenters. The Labute approximate surface area is 152 Å². The summed E-state index contributed by atoms with van der Waals surface area (Å²) in [6.45, 7) is 0. The van der Waals surface area contributed by atoms with Crippen LogP contribution in [0.4, 0.5) is 0 Å². The maximum Gasteiger partial charge on any atom is 0.140 e. The molecule has 0 aliphatic carbocycles. The molecule has 0 radical (unpaired) electrons. The van der Waals surface area contributed by atoms with E-state index in [4.69, 9.17) is 0 Å². The molecule has 0 aromatic heterocycles. The number of hydrogen-bond donors (Lipinski definition) is 0. The van der Waals surface area contributed by atoms with Gasteiger partial charge in [0, 0.05) is 33.6 Å². The zero-order valence-electron chi connectivity index (χ0n) is 14.4. The molecular weight excluding hydrogens is 328 g/mol. The summed E-state index contributed by atoms with van der Waals surface area (Å²) in [6, 6.07) is 18.6. The fourth-order valence-corrected chi connectivity index (χ4v) is 6.47. The predicted octanol–water partition coefficient (Wildman–Crippen LogP) is 4.55. The molecule has 2 heterocycles. The van der Waals surface area contributed by atoms with Gasteiger partial charge in [0.25, 0.3) is 0 Å². The van der Waals surface area contributed by atoms with Crippen molar-refractivity contribution < 1.29 is 9.00 Å². The normalized spacial score (nSPS) is 28.5. The minimum atomic E-state index is -0.696. The lowest BCUT2D eigenvalue weighted by Crippen LogP contribution is -2.41. The van der Waals surface area contributed by atoms with Crippen molar-refractivity contribution >= 4 is 16.6 Å². The number of hydrogen-bond acceptors (Lipinski definition) is 2. The van der Waals surface area contributed by atoms with E-state index in [1.807, 2.05) is 18.2 Å². The molecule has 2 aliphatic rings. The highest BCUT2D eigenvalue weighted by atomic mass is 32.2. The van der Waals surface area contributed by atoms with Crippen LogP contribution in [0.15, 0.2) is 54.6 Å². The highest BCUT2D eigenvalue weighted by Gasteiger charge is 2.40. The maximum atomic E-state index is 12.8. The first-order valence-corrected chi connectivity index (χ1v) is 10.5. The van der Waals surface area contributed by atoms with Crippen LogP contribution >= 0.6 is 0 Å². The van der Waals surface area contributed by atoms with E-state index < -0.39 is 10.8 Å². The number of carbonyl (C=O) groups excluding carboxylic acids is 1. The van der Waals surface area contributed by atoms with Crippen LogP contribution in [0.3, 0.4) is 0 Å². The monoisotopic (exact) mass is 352 g/mol. The molecule has 0 spiro atoms. The molecule has 25 heavy (non-hydrogen) atoms. The van der Waals surface area contributed by atoms with Crippen LogP contribution in [0, 0.1) is 5.92 Å². The molecule has 2 aromatic carbocycles. The molecule has 2 aliphatic heterocycles. The van der Waals surface area contributed by atoms with Gasteiger partial charge in [0.05, 0.1) is 0 Å². The molecule has 0 saturated carbocycles. The van der Waals surface area contributed by atoms with Gasteiger partial charge in [-0.3, -0.25) is 9.00 Å². The summed E-state index contributed by atoms with van der Waals surface area (Å²) in [5.41, 5.74) is 3.46. The molecule has 3 heteroatoms. The second-order valence-corrected chi connectivity index (χ2v) is 9.37. The van der Waals surface area contributed by atoms with Gasteiger partial charge in [0.1, 0.15) is 5.78 Å². The van der Waals surface area contributed by atoms with E-state index in [-0.39, 0.29) is 16.4 Å². The molecule has 4 rings (SSSR count). The Morgan fingerprint density at radius 1 is 0.880 bits per heavy atom. The second kappa shape index (κ2) is 7.25. The number of carbonyl (C=O) groups is 1. The van der Waals surface area contributed by atoms with E-state index in [1.165, 1.54) is 17.5 Å². The van der Waals surface area contributed by atoms with Crippen LogP contribution in [0.1, 0.15) is 37.7 Å². The van der Waals surface area contributed by atoms with Crippen molar-refractivity contribution in [1.82, 2.24) is 0 Å². The van der Waals surface area contributed by atoms with Gasteiger partial charge in [-0.15, -0.1) is 0 Å². The molecule has 2 fully saturated rings. The number of benzene rings is 2. The van der Waals surface area contributed by atoms with Crippen LogP contribution in [-0.2, 0) is 22.0 Å². The molecule has 2 nitrogen and oxygen atoms in total. The van der Waals surface area contributed by atoms with Crippen molar-refractivity contribution in [2.24, 2.45) is 5.92 Å². The lowest BCUT2D eigenvalue weighted by atomic mass is 9.84. The zero-order chi connectivity index (χ0) is 17.2. The summed E-state index contributed by atoms with van der Waals surface area (Å²) in [5.74, 6) is 0.447. The Morgan fingerprint density at radius 2 is 1.48 bits per heavy atom. The van der Waals surface area contributed by atoms with Gasteiger partial charge in [-0.2, -0.15) is 0 Å². The first kappa shape index (κ1) is 16.7. The number of ketones is 1. The van der Waals surface area contributed by atoms with Crippen molar-refractivity contribution in [3.8, 4) is 11.1 Å². The highest BCUT2D eigenvalue weighted by Crippen LogP contribution is 2.37. The Hall–Kier alpha value is -1.74. The first-order valence-electron chi connectivity index (χ1n) is 9.27. The Balaban J connectivity index is 1.42. The second-order valence-electron chi connectivity index (χ2n) is 7.38. The summed E-state index contributed by atoms with van der Waals surface area (Å²) in [7, 11) is -0.696. The smallest absolute Gasteiger partial charge is 0.140 e. The first-order chi connectivity index (χ1) is 12.2. The average molecular weight is 352 g/mol. The van der Waals surface area contributed by atoms with E-state index >= 15 is 0 Å². The van der Waals surface area contributed by atoms with Crippen LogP contribution in [0.25, 0.3) is 11.1 Å². The zero-order valence-corrected chi connectivity index (χ0v) is 15.2. The molecule has 0 amide bonds. The van der Waals surface area contributed by atoms with E-state index in [9.17, 15) is 9.00 Å². The van der Waals surface area contributed by atoms with Crippen molar-refractivity contribution in [3.05, 3.63) is 60.2 Å². The summed E-state index contributed by atoms with van der Waals surface area (Å²) >= 11 is 0. The van der Waals surface area contributed by atoms with Crippen LogP contribution in [0.2, 0.25) is 0 Å². The SMILES string of the molecule is O=C(Cc1ccc(-c2ccccc2)cc1)C1CC2CCCC(C1)S2=O. The molecule has 2 saturated heterocycles. The van der Waals surface area contributed by atoms with E-state index in [2.05, 4.69) is 36.4 Å². The molecule has 2 aromatic rings. The molecule has 0 N–H and O–H groups in total. The standard InChI is InChI=1S/C22H24O2S/c23-22(19-14-20-7-4-8-21(15-19)25(20)24)13-16-9-11-18(12-10-16)17-5-2-1-3-6-17/h1-3,5-6,9-12,19-21H,4,7-8,13-15H2. The summed E-state index contributed by atoms with van der Waals surface area (Å²) in [4.78, 5) is 12.8. The largest absolute Gasteiger partial charge is 0.299 e. The highest BCUT2D eigenvalue weighted by molar-refractivity contribution is 7.86. The van der Waals surface area contributed by atoms with E-state index in [0.717, 1.165) is 31.2 Å². The van der Waals surface area contributed by atoms with Gasteiger partial charge in [-0.05, 0) is 42.4 Å². The molecule has 2 unspecified atom stereocenters. The number of Topliss-reactive ketones (excluding diaryl/α,β-unsaturated/α-hetero) is 1. The Bertz CT molecular complexity index is 750. The van der Waals surface area contributed by atoms with E-state index in [1.54, 1.807) is 0 Å². The summed E-state index contributed by atoms with van der Waals surface area (Å²) in [6.07, 6.45) is 5.44. The van der Waals surface area contributed by atoms with Crippen molar-refractivity contribution in [1.29, 1.82) is 0 Å². The average Bonchev–Trinajstić information content (AvgIpc) is 2.63. The third-order valence-electron chi connectivity index (χ3n) is 5.70. The van der Waals surface area contributed by atoms with E-state index in [0.29, 0.717) is 12.2 Å². The van der Waals surface area contributed by atoms with Crippen LogP contribution < -0.4 is 0 Å². The molecular formula is C22H24O2S. The number of rotatable bonds is 4. The fourth-order valence-electron chi connectivity index (χ4n) is 4.29. The summed E-state index contributed by atoms with van der Waals surface area (Å²) in [5, 5.41) is 0.531. The van der Waals surface area contributed by atoms with Crippen LogP contribution in [-0.4, -0.2) is 20.5 Å². The molecule has 2 bridgehead atoms. The summed E-state index contributed by atoms with van der Waals surface area (Å²) < 4.78 is 12.3. The van der Waals surface area contributed by atoms with Crippen molar-refractivity contribution in [2.75, 3.05) is 0 Å². The number of fused-ring (bicyclic) bond motifs is 2. The van der Waals surface area contributed by atoms with Crippen molar-refractivity contribution in [3.63, 3.8) is 0 Å². The lowest BCUT2D eigenvalue weighted by molar-refractivity contribution is -0.122.